The first-order valence-corrected chi connectivity index (χ1v) is 6.05. The number of aromatic hydroxyl groups is 1. The Labute approximate surface area is 113 Å². The van der Waals surface area contributed by atoms with Crippen LogP contribution < -0.4 is 0 Å². The van der Waals surface area contributed by atoms with Crippen LogP contribution in [0.2, 0.25) is 0 Å². The lowest BCUT2D eigenvalue weighted by Crippen LogP contribution is -2.35. The topological polar surface area (TPSA) is 73.6 Å². The van der Waals surface area contributed by atoms with Crippen molar-refractivity contribution >= 4 is 5.91 Å². The molecule has 1 amide bonds. The van der Waals surface area contributed by atoms with Gasteiger partial charge in [-0.25, -0.2) is 0 Å². The van der Waals surface area contributed by atoms with Crippen LogP contribution in [0.4, 0.5) is 0 Å². The molecule has 0 aromatic heterocycles. The van der Waals surface area contributed by atoms with Crippen LogP contribution in [-0.4, -0.2) is 42.7 Å². The van der Waals surface area contributed by atoms with E-state index >= 15 is 0 Å². The Morgan fingerprint density at radius 1 is 1.47 bits per heavy atom. The zero-order valence-electron chi connectivity index (χ0n) is 11.2. The van der Waals surface area contributed by atoms with Gasteiger partial charge in [0.15, 0.2) is 0 Å². The van der Waals surface area contributed by atoms with E-state index in [1.165, 1.54) is 0 Å². The summed E-state index contributed by atoms with van der Waals surface area (Å²) in [7, 11) is 1.56. The fourth-order valence-corrected chi connectivity index (χ4v) is 1.73. The molecule has 0 spiro atoms. The van der Waals surface area contributed by atoms with E-state index in [9.17, 15) is 9.90 Å². The Hall–Kier alpha value is -2.06. The molecule has 0 atom stereocenters. The van der Waals surface area contributed by atoms with E-state index in [0.717, 1.165) is 0 Å². The first kappa shape index (κ1) is 15.0. The highest BCUT2D eigenvalue weighted by Gasteiger charge is 2.18. The molecule has 0 heterocycles. The summed E-state index contributed by atoms with van der Waals surface area (Å²) in [5.74, 6) is -0.0986. The average Bonchev–Trinajstić information content (AvgIpc) is 2.41. The Morgan fingerprint density at radius 2 is 2.21 bits per heavy atom. The number of nitrogens with zero attached hydrogens (tertiary/aromatic N) is 2. The van der Waals surface area contributed by atoms with Gasteiger partial charge < -0.3 is 14.7 Å². The summed E-state index contributed by atoms with van der Waals surface area (Å²) in [6, 6.07) is 6.87. The number of phenols is 1. The Kier molecular flexibility index (Phi) is 5.83. The van der Waals surface area contributed by atoms with Gasteiger partial charge in [0, 0.05) is 31.3 Å². The summed E-state index contributed by atoms with van der Waals surface area (Å²) in [4.78, 5) is 13.9. The molecule has 1 rings (SSSR count). The van der Waals surface area contributed by atoms with Gasteiger partial charge in [0.1, 0.15) is 5.75 Å². The second kappa shape index (κ2) is 7.39. The maximum atomic E-state index is 12.4. The summed E-state index contributed by atoms with van der Waals surface area (Å²) in [5, 5.41) is 18.3. The number of phenolic OH excluding ortho intramolecular Hbond substituents is 1. The van der Waals surface area contributed by atoms with E-state index in [-0.39, 0.29) is 18.1 Å². The quantitative estimate of drug-likeness (QED) is 0.846. The summed E-state index contributed by atoms with van der Waals surface area (Å²) in [5.41, 5.74) is 1.00. The zero-order chi connectivity index (χ0) is 14.3. The maximum Gasteiger partial charge on any atom is 0.254 e. The van der Waals surface area contributed by atoms with Gasteiger partial charge in [0.05, 0.1) is 19.1 Å². The first-order chi connectivity index (χ1) is 9.11. The van der Waals surface area contributed by atoms with Gasteiger partial charge in [0.25, 0.3) is 5.91 Å². The van der Waals surface area contributed by atoms with E-state index in [4.69, 9.17) is 10.00 Å². The minimum atomic E-state index is -0.194. The monoisotopic (exact) mass is 262 g/mol. The van der Waals surface area contributed by atoms with Crippen LogP contribution in [0.25, 0.3) is 0 Å². The van der Waals surface area contributed by atoms with Gasteiger partial charge in [0.2, 0.25) is 0 Å². The molecule has 19 heavy (non-hydrogen) atoms. The third kappa shape index (κ3) is 3.97. The molecule has 0 aliphatic heterocycles. The van der Waals surface area contributed by atoms with Crippen molar-refractivity contribution in [2.45, 2.75) is 13.3 Å². The molecule has 1 N–H and O–H groups in total. The predicted octanol–water partition coefficient (Wildman–Crippen LogP) is 1.70. The highest BCUT2D eigenvalue weighted by atomic mass is 16.5. The fraction of sp³-hybridized carbons (Fsp3) is 0.429. The molecule has 1 aromatic rings. The number of carbonyl (C=O) groups is 1. The number of benzene rings is 1. The largest absolute Gasteiger partial charge is 0.508 e. The Balaban J connectivity index is 2.91. The fourth-order valence-electron chi connectivity index (χ4n) is 1.73. The van der Waals surface area contributed by atoms with Crippen LogP contribution in [0.1, 0.15) is 22.3 Å². The van der Waals surface area contributed by atoms with E-state index in [2.05, 4.69) is 0 Å². The second-order valence-corrected chi connectivity index (χ2v) is 4.14. The van der Waals surface area contributed by atoms with Crippen LogP contribution in [0.15, 0.2) is 18.2 Å². The van der Waals surface area contributed by atoms with Crippen LogP contribution >= 0.6 is 0 Å². The van der Waals surface area contributed by atoms with Crippen LogP contribution in [0, 0.1) is 18.3 Å². The van der Waals surface area contributed by atoms with Gasteiger partial charge in [-0.2, -0.15) is 5.26 Å². The average molecular weight is 262 g/mol. The zero-order valence-corrected chi connectivity index (χ0v) is 11.2. The van der Waals surface area contributed by atoms with Gasteiger partial charge in [-0.05, 0) is 19.1 Å². The highest BCUT2D eigenvalue weighted by molar-refractivity contribution is 5.96. The first-order valence-electron chi connectivity index (χ1n) is 6.05. The molecule has 0 unspecified atom stereocenters. The number of rotatable bonds is 6. The number of carbonyl (C=O) groups excluding carboxylic acids is 1. The molecular formula is C14H18N2O3. The molecule has 0 bridgehead atoms. The van der Waals surface area contributed by atoms with Crippen molar-refractivity contribution in [1.29, 1.82) is 5.26 Å². The summed E-state index contributed by atoms with van der Waals surface area (Å²) < 4.78 is 4.97. The molecule has 0 fully saturated rings. The normalized spacial score (nSPS) is 9.95. The molecule has 5 heteroatoms. The number of hydrogen-bond acceptors (Lipinski definition) is 4. The summed E-state index contributed by atoms with van der Waals surface area (Å²) in [6.07, 6.45) is 0.271. The van der Waals surface area contributed by atoms with E-state index in [1.54, 1.807) is 37.1 Å². The van der Waals surface area contributed by atoms with Gasteiger partial charge in [-0.1, -0.05) is 6.07 Å². The number of ether oxygens (including phenoxy) is 1. The lowest BCUT2D eigenvalue weighted by molar-refractivity contribution is 0.0698. The van der Waals surface area contributed by atoms with Gasteiger partial charge >= 0.3 is 0 Å². The van der Waals surface area contributed by atoms with Crippen LogP contribution in [-0.2, 0) is 4.74 Å². The smallest absolute Gasteiger partial charge is 0.254 e. The van der Waals surface area contributed by atoms with Crippen molar-refractivity contribution in [3.05, 3.63) is 29.3 Å². The highest BCUT2D eigenvalue weighted by Crippen LogP contribution is 2.21. The molecule has 0 aliphatic rings. The van der Waals surface area contributed by atoms with Gasteiger partial charge in [-0.3, -0.25) is 4.79 Å². The SMILES string of the molecule is COCCN(CCC#N)C(=O)c1cccc(O)c1C. The molecule has 1 aromatic carbocycles. The molecule has 0 saturated heterocycles. The van der Waals surface area contributed by atoms with Crippen molar-refractivity contribution in [2.75, 3.05) is 26.8 Å². The third-order valence-electron chi connectivity index (χ3n) is 2.88. The number of methoxy groups -OCH3 is 1. The van der Waals surface area contributed by atoms with Crippen molar-refractivity contribution in [3.63, 3.8) is 0 Å². The predicted molar refractivity (Wildman–Crippen MR) is 70.9 cm³/mol. The lowest BCUT2D eigenvalue weighted by Gasteiger charge is -2.22. The van der Waals surface area contributed by atoms with Gasteiger partial charge in [-0.15, -0.1) is 0 Å². The van der Waals surface area contributed by atoms with E-state index < -0.39 is 0 Å². The molecule has 102 valence electrons. The Bertz CT molecular complexity index is 480. The number of hydrogen-bond donors (Lipinski definition) is 1. The molecule has 0 radical (unpaired) electrons. The number of nitriles is 1. The van der Waals surface area contributed by atoms with Crippen LogP contribution in [0.5, 0.6) is 5.75 Å². The standard InChI is InChI=1S/C14H18N2O3/c1-11-12(5-3-6-13(11)17)14(18)16(8-4-7-15)9-10-19-2/h3,5-6,17H,4,8-10H2,1-2H3. The molecule has 0 saturated carbocycles. The minimum absolute atomic E-state index is 0.0952. The summed E-state index contributed by atoms with van der Waals surface area (Å²) in [6.45, 7) is 2.89. The van der Waals surface area contributed by atoms with Crippen molar-refractivity contribution in [3.8, 4) is 11.8 Å². The van der Waals surface area contributed by atoms with E-state index in [1.807, 2.05) is 6.07 Å². The second-order valence-electron chi connectivity index (χ2n) is 4.14. The number of amides is 1. The molecular weight excluding hydrogens is 244 g/mol. The lowest BCUT2D eigenvalue weighted by atomic mass is 10.1. The molecule has 5 nitrogen and oxygen atoms in total. The Morgan fingerprint density at radius 3 is 2.84 bits per heavy atom. The minimum Gasteiger partial charge on any atom is -0.508 e. The molecule has 0 aliphatic carbocycles. The summed E-state index contributed by atoms with van der Waals surface area (Å²) >= 11 is 0. The third-order valence-corrected chi connectivity index (χ3v) is 2.88. The van der Waals surface area contributed by atoms with E-state index in [0.29, 0.717) is 30.8 Å². The van der Waals surface area contributed by atoms with Crippen LogP contribution in [0.3, 0.4) is 0 Å². The van der Waals surface area contributed by atoms with Crippen molar-refractivity contribution < 1.29 is 14.6 Å². The van der Waals surface area contributed by atoms with Crippen molar-refractivity contribution in [1.82, 2.24) is 4.90 Å². The maximum absolute atomic E-state index is 12.4. The van der Waals surface area contributed by atoms with Crippen molar-refractivity contribution in [2.24, 2.45) is 0 Å².